The van der Waals surface area contributed by atoms with Crippen LogP contribution in [0.1, 0.15) is 29.5 Å². The van der Waals surface area contributed by atoms with Gasteiger partial charge in [-0.3, -0.25) is 4.79 Å². The molecule has 104 valence electrons. The molecule has 1 saturated carbocycles. The van der Waals surface area contributed by atoms with Gasteiger partial charge in [-0.25, -0.2) is 4.79 Å². The second-order valence-electron chi connectivity index (χ2n) is 4.63. The van der Waals surface area contributed by atoms with Gasteiger partial charge in [-0.1, -0.05) is 6.92 Å². The van der Waals surface area contributed by atoms with Crippen LogP contribution < -0.4 is 5.32 Å². The van der Waals surface area contributed by atoms with Gasteiger partial charge in [0.15, 0.2) is 0 Å². The van der Waals surface area contributed by atoms with Crippen molar-refractivity contribution in [2.24, 2.45) is 0 Å². The number of nitrogens with zero attached hydrogens (tertiary/aromatic N) is 1. The van der Waals surface area contributed by atoms with Crippen LogP contribution in [0, 0.1) is 0 Å². The van der Waals surface area contributed by atoms with Gasteiger partial charge in [0.25, 0.3) is 0 Å². The molecule has 1 heterocycles. The molecule has 2 N–H and O–H groups in total. The van der Waals surface area contributed by atoms with Crippen molar-refractivity contribution in [3.05, 3.63) is 21.9 Å². The van der Waals surface area contributed by atoms with E-state index in [1.807, 2.05) is 6.07 Å². The highest BCUT2D eigenvalue weighted by Crippen LogP contribution is 2.26. The van der Waals surface area contributed by atoms with Crippen LogP contribution in [-0.4, -0.2) is 34.6 Å². The number of rotatable bonds is 6. The van der Waals surface area contributed by atoms with Gasteiger partial charge in [0.2, 0.25) is 0 Å². The number of thiophene rings is 1. The normalized spacial score (nSPS) is 14.2. The number of aryl methyl sites for hydroxylation is 1. The molecule has 0 spiro atoms. The second-order valence-corrected chi connectivity index (χ2v) is 5.89. The van der Waals surface area contributed by atoms with Crippen LogP contribution in [0.5, 0.6) is 0 Å². The average Bonchev–Trinajstić information content (AvgIpc) is 3.11. The molecule has 6 heteroatoms. The number of carbonyl (C=O) groups is 2. The second kappa shape index (κ2) is 6.06. The lowest BCUT2D eigenvalue weighted by Gasteiger charge is -2.20. The first-order valence-corrected chi connectivity index (χ1v) is 7.25. The molecule has 19 heavy (non-hydrogen) atoms. The van der Waals surface area contributed by atoms with E-state index >= 15 is 0 Å². The van der Waals surface area contributed by atoms with Crippen molar-refractivity contribution in [3.8, 4) is 0 Å². The van der Waals surface area contributed by atoms with Crippen LogP contribution in [0.3, 0.4) is 0 Å². The van der Waals surface area contributed by atoms with Gasteiger partial charge < -0.3 is 15.3 Å². The number of nitrogens with one attached hydrogen (secondary N) is 1. The minimum absolute atomic E-state index is 0.102. The smallest absolute Gasteiger partial charge is 0.323 e. The Morgan fingerprint density at radius 2 is 2.11 bits per heavy atom. The van der Waals surface area contributed by atoms with Gasteiger partial charge in [0, 0.05) is 15.8 Å². The molecular weight excluding hydrogens is 264 g/mol. The Bertz CT molecular complexity index is 468. The zero-order valence-electron chi connectivity index (χ0n) is 10.9. The monoisotopic (exact) mass is 282 g/mol. The molecule has 0 unspecified atom stereocenters. The Balaban J connectivity index is 1.86. The van der Waals surface area contributed by atoms with E-state index in [4.69, 9.17) is 5.11 Å². The molecule has 1 aromatic heterocycles. The molecule has 1 aliphatic rings. The van der Waals surface area contributed by atoms with E-state index in [9.17, 15) is 9.59 Å². The van der Waals surface area contributed by atoms with Crippen molar-refractivity contribution in [1.82, 2.24) is 10.2 Å². The maximum atomic E-state index is 12.0. The molecular formula is C13H18N2O3S. The number of carbonyl (C=O) groups excluding carboxylic acids is 1. The number of carboxylic acid groups (broad SMARTS) is 1. The Morgan fingerprint density at radius 3 is 2.63 bits per heavy atom. The number of hydrogen-bond acceptors (Lipinski definition) is 3. The largest absolute Gasteiger partial charge is 0.480 e. The van der Waals surface area contributed by atoms with E-state index in [-0.39, 0.29) is 18.6 Å². The van der Waals surface area contributed by atoms with Crippen molar-refractivity contribution < 1.29 is 14.7 Å². The van der Waals surface area contributed by atoms with Gasteiger partial charge in [-0.2, -0.15) is 0 Å². The molecule has 2 rings (SSSR count). The van der Waals surface area contributed by atoms with Crippen LogP contribution >= 0.6 is 11.3 Å². The van der Waals surface area contributed by atoms with Crippen molar-refractivity contribution >= 4 is 23.3 Å². The Labute approximate surface area is 116 Å². The predicted molar refractivity (Wildman–Crippen MR) is 73.3 cm³/mol. The van der Waals surface area contributed by atoms with Gasteiger partial charge in [-0.05, 0) is 31.4 Å². The molecule has 1 aromatic rings. The average molecular weight is 282 g/mol. The number of hydrogen-bond donors (Lipinski definition) is 2. The van der Waals surface area contributed by atoms with Crippen molar-refractivity contribution in [2.75, 3.05) is 6.54 Å². The summed E-state index contributed by atoms with van der Waals surface area (Å²) in [5.41, 5.74) is 0. The Morgan fingerprint density at radius 1 is 1.42 bits per heavy atom. The molecule has 1 aliphatic carbocycles. The predicted octanol–water partition coefficient (Wildman–Crippen LogP) is 2.07. The Kier molecular flexibility index (Phi) is 4.42. The summed E-state index contributed by atoms with van der Waals surface area (Å²) in [7, 11) is 0. The van der Waals surface area contributed by atoms with Gasteiger partial charge in [0.05, 0.1) is 6.54 Å². The highest BCUT2D eigenvalue weighted by Gasteiger charge is 2.33. The minimum atomic E-state index is -0.966. The first kappa shape index (κ1) is 13.9. The highest BCUT2D eigenvalue weighted by atomic mass is 32.1. The van der Waals surface area contributed by atoms with Crippen LogP contribution in [-0.2, 0) is 17.8 Å². The maximum Gasteiger partial charge on any atom is 0.323 e. The number of amides is 2. The standard InChI is InChI=1S/C13H18N2O3S/c1-2-10-5-6-11(19-10)7-14-13(18)15(8-12(16)17)9-3-4-9/h5-6,9H,2-4,7-8H2,1H3,(H,14,18)(H,16,17). The molecule has 1 fully saturated rings. The van der Waals surface area contributed by atoms with Crippen LogP contribution in [0.25, 0.3) is 0 Å². The molecule has 0 saturated heterocycles. The van der Waals surface area contributed by atoms with E-state index in [2.05, 4.69) is 18.3 Å². The van der Waals surface area contributed by atoms with Crippen LogP contribution in [0.15, 0.2) is 12.1 Å². The molecule has 0 aliphatic heterocycles. The molecule has 2 amide bonds. The van der Waals surface area contributed by atoms with E-state index in [1.54, 1.807) is 11.3 Å². The highest BCUT2D eigenvalue weighted by molar-refractivity contribution is 7.11. The summed E-state index contributed by atoms with van der Waals surface area (Å²) < 4.78 is 0. The van der Waals surface area contributed by atoms with Gasteiger partial charge in [-0.15, -0.1) is 11.3 Å². The number of urea groups is 1. The zero-order chi connectivity index (χ0) is 13.8. The summed E-state index contributed by atoms with van der Waals surface area (Å²) in [5.74, 6) is -0.966. The third kappa shape index (κ3) is 3.96. The summed E-state index contributed by atoms with van der Waals surface area (Å²) >= 11 is 1.67. The third-order valence-corrected chi connectivity index (χ3v) is 4.26. The topological polar surface area (TPSA) is 69.6 Å². The van der Waals surface area contributed by atoms with Gasteiger partial charge in [0.1, 0.15) is 6.54 Å². The maximum absolute atomic E-state index is 12.0. The summed E-state index contributed by atoms with van der Waals surface area (Å²) in [6.07, 6.45) is 2.80. The molecule has 0 bridgehead atoms. The van der Waals surface area contributed by atoms with E-state index < -0.39 is 5.97 Å². The summed E-state index contributed by atoms with van der Waals surface area (Å²) in [6, 6.07) is 3.88. The third-order valence-electron chi connectivity index (χ3n) is 3.03. The summed E-state index contributed by atoms with van der Waals surface area (Å²) in [6.45, 7) is 2.34. The molecule has 0 atom stereocenters. The number of carboxylic acids is 1. The lowest BCUT2D eigenvalue weighted by Crippen LogP contribution is -2.43. The SMILES string of the molecule is CCc1ccc(CNC(=O)N(CC(=O)O)C2CC2)s1. The van der Waals surface area contributed by atoms with Crippen molar-refractivity contribution in [2.45, 2.75) is 38.8 Å². The first-order valence-electron chi connectivity index (χ1n) is 6.44. The molecule has 0 aromatic carbocycles. The first-order chi connectivity index (χ1) is 9.10. The van der Waals surface area contributed by atoms with Crippen molar-refractivity contribution in [3.63, 3.8) is 0 Å². The Hall–Kier alpha value is -1.56. The number of aliphatic carboxylic acids is 1. The quantitative estimate of drug-likeness (QED) is 0.839. The van der Waals surface area contributed by atoms with E-state index in [1.165, 1.54) is 9.78 Å². The van der Waals surface area contributed by atoms with E-state index in [0.29, 0.717) is 6.54 Å². The summed E-state index contributed by atoms with van der Waals surface area (Å²) in [5, 5.41) is 11.6. The van der Waals surface area contributed by atoms with Gasteiger partial charge >= 0.3 is 12.0 Å². The van der Waals surface area contributed by atoms with Crippen LogP contribution in [0.4, 0.5) is 4.79 Å². The molecule has 0 radical (unpaired) electrons. The van der Waals surface area contributed by atoms with E-state index in [0.717, 1.165) is 24.1 Å². The lowest BCUT2D eigenvalue weighted by molar-refractivity contribution is -0.137. The van der Waals surface area contributed by atoms with Crippen LogP contribution in [0.2, 0.25) is 0 Å². The zero-order valence-corrected chi connectivity index (χ0v) is 11.7. The fourth-order valence-corrected chi connectivity index (χ4v) is 2.77. The van der Waals surface area contributed by atoms with Crippen molar-refractivity contribution in [1.29, 1.82) is 0 Å². The molecule has 5 nitrogen and oxygen atoms in total. The lowest BCUT2D eigenvalue weighted by atomic mass is 10.3. The fourth-order valence-electron chi connectivity index (χ4n) is 1.87. The minimum Gasteiger partial charge on any atom is -0.480 e. The summed E-state index contributed by atoms with van der Waals surface area (Å²) in [4.78, 5) is 26.5. The fraction of sp³-hybridized carbons (Fsp3) is 0.538.